The molecule has 102 valence electrons. The summed E-state index contributed by atoms with van der Waals surface area (Å²) in [6.07, 6.45) is 1.73. The molecule has 0 atom stereocenters. The average Bonchev–Trinajstić information content (AvgIpc) is 2.75. The zero-order valence-electron chi connectivity index (χ0n) is 10.6. The maximum absolute atomic E-state index is 13.8. The van der Waals surface area contributed by atoms with Crippen LogP contribution in [0.4, 0.5) is 10.2 Å². The molecule has 0 spiro atoms. The van der Waals surface area contributed by atoms with Gasteiger partial charge in [0.05, 0.1) is 7.11 Å². The molecule has 0 amide bonds. The van der Waals surface area contributed by atoms with E-state index < -0.39 is 5.82 Å². The highest BCUT2D eigenvalue weighted by molar-refractivity contribution is 6.30. The molecule has 0 saturated carbocycles. The van der Waals surface area contributed by atoms with Crippen molar-refractivity contribution < 1.29 is 9.13 Å². The van der Waals surface area contributed by atoms with Crippen molar-refractivity contribution in [1.29, 1.82) is 0 Å². The quantitative estimate of drug-likeness (QED) is 0.787. The van der Waals surface area contributed by atoms with E-state index in [9.17, 15) is 4.39 Å². The highest BCUT2D eigenvalue weighted by atomic mass is 35.5. The smallest absolute Gasteiger partial charge is 0.165 e. The molecule has 3 rings (SSSR count). The minimum atomic E-state index is -0.459. The van der Waals surface area contributed by atoms with Crippen molar-refractivity contribution in [2.75, 3.05) is 12.8 Å². The SMILES string of the molecule is COc1ccc(-c2nc3cc(Cl)ccn3c2N)cc1F. The zero-order chi connectivity index (χ0) is 14.3. The van der Waals surface area contributed by atoms with Crippen LogP contribution in [0.2, 0.25) is 5.02 Å². The van der Waals surface area contributed by atoms with Gasteiger partial charge >= 0.3 is 0 Å². The van der Waals surface area contributed by atoms with Crippen molar-refractivity contribution in [2.24, 2.45) is 0 Å². The topological polar surface area (TPSA) is 52.5 Å². The first-order valence-corrected chi connectivity index (χ1v) is 6.25. The number of benzene rings is 1. The Hall–Kier alpha value is -2.27. The van der Waals surface area contributed by atoms with Crippen LogP contribution in [0.25, 0.3) is 16.9 Å². The van der Waals surface area contributed by atoms with Crippen LogP contribution in [-0.2, 0) is 0 Å². The maximum atomic E-state index is 13.8. The Morgan fingerprint density at radius 2 is 2.10 bits per heavy atom. The average molecular weight is 292 g/mol. The number of hydrogen-bond acceptors (Lipinski definition) is 3. The first kappa shape index (κ1) is 12.7. The third-order valence-corrected chi connectivity index (χ3v) is 3.29. The number of aromatic nitrogens is 2. The summed E-state index contributed by atoms with van der Waals surface area (Å²) in [5.74, 6) is 0.153. The van der Waals surface area contributed by atoms with Crippen LogP contribution in [0, 0.1) is 5.82 Å². The number of imidazole rings is 1. The number of nitrogens with zero attached hydrogens (tertiary/aromatic N) is 2. The van der Waals surface area contributed by atoms with Gasteiger partial charge in [-0.3, -0.25) is 4.40 Å². The van der Waals surface area contributed by atoms with Gasteiger partial charge in [-0.25, -0.2) is 9.37 Å². The first-order valence-electron chi connectivity index (χ1n) is 5.87. The van der Waals surface area contributed by atoms with Gasteiger partial charge in [-0.15, -0.1) is 0 Å². The van der Waals surface area contributed by atoms with E-state index in [1.165, 1.54) is 13.2 Å². The Kier molecular flexibility index (Phi) is 2.99. The monoisotopic (exact) mass is 291 g/mol. The molecule has 20 heavy (non-hydrogen) atoms. The molecule has 6 heteroatoms. The summed E-state index contributed by atoms with van der Waals surface area (Å²) in [6, 6.07) is 8.01. The Labute approximate surface area is 119 Å². The summed E-state index contributed by atoms with van der Waals surface area (Å²) in [5.41, 5.74) is 7.75. The molecule has 0 radical (unpaired) electrons. The number of nitrogens with two attached hydrogens (primary N) is 1. The molecule has 0 unspecified atom stereocenters. The summed E-state index contributed by atoms with van der Waals surface area (Å²) >= 11 is 5.92. The van der Waals surface area contributed by atoms with Crippen LogP contribution < -0.4 is 10.5 Å². The summed E-state index contributed by atoms with van der Waals surface area (Å²) in [5, 5.41) is 0.565. The molecule has 0 aliphatic carbocycles. The van der Waals surface area contributed by atoms with E-state index in [2.05, 4.69) is 4.98 Å². The molecule has 0 aliphatic rings. The molecular formula is C14H11ClFN3O. The third-order valence-electron chi connectivity index (χ3n) is 3.05. The van der Waals surface area contributed by atoms with Crippen molar-refractivity contribution >= 4 is 23.1 Å². The molecule has 0 aliphatic heterocycles. The fourth-order valence-corrected chi connectivity index (χ4v) is 2.22. The van der Waals surface area contributed by atoms with Crippen LogP contribution in [0.5, 0.6) is 5.75 Å². The van der Waals surface area contributed by atoms with Crippen molar-refractivity contribution in [1.82, 2.24) is 9.38 Å². The molecule has 2 N–H and O–H groups in total. The van der Waals surface area contributed by atoms with E-state index in [4.69, 9.17) is 22.1 Å². The van der Waals surface area contributed by atoms with Crippen LogP contribution >= 0.6 is 11.6 Å². The lowest BCUT2D eigenvalue weighted by atomic mass is 10.1. The fraction of sp³-hybridized carbons (Fsp3) is 0.0714. The number of ether oxygens (including phenoxy) is 1. The molecule has 3 aromatic rings. The lowest BCUT2D eigenvalue weighted by Crippen LogP contribution is -1.94. The van der Waals surface area contributed by atoms with E-state index in [1.54, 1.807) is 34.9 Å². The molecular weight excluding hydrogens is 281 g/mol. The van der Waals surface area contributed by atoms with Crippen molar-refractivity contribution in [3.05, 3.63) is 47.4 Å². The first-order chi connectivity index (χ1) is 9.60. The maximum Gasteiger partial charge on any atom is 0.165 e. The lowest BCUT2D eigenvalue weighted by molar-refractivity contribution is 0.386. The Balaban J connectivity index is 2.19. The molecule has 0 saturated heterocycles. The number of nitrogen functional groups attached to an aromatic ring is 1. The highest BCUT2D eigenvalue weighted by Crippen LogP contribution is 2.30. The van der Waals surface area contributed by atoms with Crippen molar-refractivity contribution in [3.8, 4) is 17.0 Å². The Bertz CT molecular complexity index is 800. The normalized spacial score (nSPS) is 10.9. The van der Waals surface area contributed by atoms with Crippen LogP contribution in [0.3, 0.4) is 0 Å². The van der Waals surface area contributed by atoms with Crippen molar-refractivity contribution in [3.63, 3.8) is 0 Å². The lowest BCUT2D eigenvalue weighted by Gasteiger charge is -2.04. The molecule has 4 nitrogen and oxygen atoms in total. The van der Waals surface area contributed by atoms with Crippen LogP contribution in [0.15, 0.2) is 36.5 Å². The predicted octanol–water partition coefficient (Wildman–Crippen LogP) is 3.38. The number of halogens is 2. The number of pyridine rings is 1. The largest absolute Gasteiger partial charge is 0.494 e. The molecule has 2 heterocycles. The number of hydrogen-bond donors (Lipinski definition) is 1. The second-order valence-electron chi connectivity index (χ2n) is 4.27. The number of rotatable bonds is 2. The van der Waals surface area contributed by atoms with Gasteiger partial charge in [0, 0.05) is 22.8 Å². The minimum Gasteiger partial charge on any atom is -0.494 e. The molecule has 1 aromatic carbocycles. The van der Waals surface area contributed by atoms with Crippen LogP contribution in [0.1, 0.15) is 0 Å². The fourth-order valence-electron chi connectivity index (χ4n) is 2.06. The van der Waals surface area contributed by atoms with E-state index in [1.807, 2.05) is 0 Å². The summed E-state index contributed by atoms with van der Waals surface area (Å²) in [4.78, 5) is 4.39. The minimum absolute atomic E-state index is 0.180. The predicted molar refractivity (Wildman–Crippen MR) is 76.6 cm³/mol. The second-order valence-corrected chi connectivity index (χ2v) is 4.70. The van der Waals surface area contributed by atoms with E-state index in [0.717, 1.165) is 0 Å². The summed E-state index contributed by atoms with van der Waals surface area (Å²) in [7, 11) is 1.42. The number of fused-ring (bicyclic) bond motifs is 1. The van der Waals surface area contributed by atoms with Crippen molar-refractivity contribution in [2.45, 2.75) is 0 Å². The van der Waals surface area contributed by atoms with Gasteiger partial charge in [-0.05, 0) is 24.3 Å². The number of methoxy groups -OCH3 is 1. The summed E-state index contributed by atoms with van der Waals surface area (Å²) < 4.78 is 20.4. The zero-order valence-corrected chi connectivity index (χ0v) is 11.4. The Morgan fingerprint density at radius 3 is 2.80 bits per heavy atom. The van der Waals surface area contributed by atoms with Gasteiger partial charge in [0.1, 0.15) is 17.2 Å². The number of anilines is 1. The van der Waals surface area contributed by atoms with E-state index >= 15 is 0 Å². The van der Waals surface area contributed by atoms with Crippen LogP contribution in [-0.4, -0.2) is 16.5 Å². The second kappa shape index (κ2) is 4.68. The van der Waals surface area contributed by atoms with E-state index in [-0.39, 0.29) is 5.75 Å². The van der Waals surface area contributed by atoms with Gasteiger partial charge in [0.15, 0.2) is 11.6 Å². The van der Waals surface area contributed by atoms with Gasteiger partial charge in [-0.2, -0.15) is 0 Å². The summed E-state index contributed by atoms with van der Waals surface area (Å²) in [6.45, 7) is 0. The van der Waals surface area contributed by atoms with Gasteiger partial charge < -0.3 is 10.5 Å². The van der Waals surface area contributed by atoms with Gasteiger partial charge in [0.2, 0.25) is 0 Å². The van der Waals surface area contributed by atoms with Gasteiger partial charge in [0.25, 0.3) is 0 Å². The van der Waals surface area contributed by atoms with Gasteiger partial charge in [-0.1, -0.05) is 11.6 Å². The third kappa shape index (κ3) is 1.96. The molecule has 0 bridgehead atoms. The standard InChI is InChI=1S/C14H11ClFN3O/c1-20-11-3-2-8(6-10(11)16)13-14(17)19-5-4-9(15)7-12(19)18-13/h2-7H,17H2,1H3. The van der Waals surface area contributed by atoms with E-state index in [0.29, 0.717) is 27.7 Å². The molecule has 2 aromatic heterocycles. The molecule has 0 fully saturated rings. The highest BCUT2D eigenvalue weighted by Gasteiger charge is 2.13. The Morgan fingerprint density at radius 1 is 1.30 bits per heavy atom.